The first kappa shape index (κ1) is 17.1. The first-order valence-corrected chi connectivity index (χ1v) is 7.89. The standard InChI is InChI=1S/C16H23ClN2O3/c1-12-11-22-10-8-19(12)16(20)18-15(7-9-21-2)13-3-5-14(17)6-4-13/h3-6,12,15H,7-11H2,1-2H3,(H,18,20). The van der Waals surface area contributed by atoms with E-state index < -0.39 is 0 Å². The van der Waals surface area contributed by atoms with Gasteiger partial charge < -0.3 is 19.7 Å². The Balaban J connectivity index is 2.05. The van der Waals surface area contributed by atoms with Crippen LogP contribution in [0.5, 0.6) is 0 Å². The first-order valence-electron chi connectivity index (χ1n) is 7.51. The molecule has 5 nitrogen and oxygen atoms in total. The quantitative estimate of drug-likeness (QED) is 0.905. The van der Waals surface area contributed by atoms with Crippen molar-refractivity contribution < 1.29 is 14.3 Å². The maximum absolute atomic E-state index is 12.5. The smallest absolute Gasteiger partial charge is 0.318 e. The third kappa shape index (κ3) is 4.60. The molecule has 0 radical (unpaired) electrons. The molecule has 2 atom stereocenters. The van der Waals surface area contributed by atoms with Gasteiger partial charge in [-0.05, 0) is 31.0 Å². The zero-order valence-corrected chi connectivity index (χ0v) is 13.8. The van der Waals surface area contributed by atoms with E-state index in [1.807, 2.05) is 36.1 Å². The molecule has 22 heavy (non-hydrogen) atoms. The normalized spacial score (nSPS) is 19.8. The number of methoxy groups -OCH3 is 1. The summed E-state index contributed by atoms with van der Waals surface area (Å²) in [7, 11) is 1.66. The molecule has 2 unspecified atom stereocenters. The Kier molecular flexibility index (Phi) is 6.49. The van der Waals surface area contributed by atoms with Gasteiger partial charge in [0.05, 0.1) is 25.3 Å². The number of morpholine rings is 1. The molecule has 2 rings (SSSR count). The predicted molar refractivity (Wildman–Crippen MR) is 86.2 cm³/mol. The fraction of sp³-hybridized carbons (Fsp3) is 0.562. The van der Waals surface area contributed by atoms with E-state index in [1.54, 1.807) is 7.11 Å². The number of ether oxygens (including phenoxy) is 2. The number of nitrogens with one attached hydrogen (secondary N) is 1. The van der Waals surface area contributed by atoms with Crippen LogP contribution in [0.3, 0.4) is 0 Å². The van der Waals surface area contributed by atoms with Crippen LogP contribution in [-0.2, 0) is 9.47 Å². The lowest BCUT2D eigenvalue weighted by Gasteiger charge is -2.34. The Morgan fingerprint density at radius 3 is 2.86 bits per heavy atom. The monoisotopic (exact) mass is 326 g/mol. The van der Waals surface area contributed by atoms with Gasteiger partial charge in [0.25, 0.3) is 0 Å². The van der Waals surface area contributed by atoms with Gasteiger partial charge in [-0.15, -0.1) is 0 Å². The lowest BCUT2D eigenvalue weighted by molar-refractivity contribution is 0.0181. The predicted octanol–water partition coefficient (Wildman–Crippen LogP) is 2.85. The summed E-state index contributed by atoms with van der Waals surface area (Å²) < 4.78 is 10.5. The molecule has 6 heteroatoms. The molecular formula is C16H23ClN2O3. The van der Waals surface area contributed by atoms with Gasteiger partial charge in [0.15, 0.2) is 0 Å². The average Bonchev–Trinajstić information content (AvgIpc) is 2.52. The maximum atomic E-state index is 12.5. The summed E-state index contributed by atoms with van der Waals surface area (Å²) >= 11 is 5.93. The van der Waals surface area contributed by atoms with Gasteiger partial charge in [-0.3, -0.25) is 0 Å². The van der Waals surface area contributed by atoms with Crippen LogP contribution in [0.1, 0.15) is 24.9 Å². The summed E-state index contributed by atoms with van der Waals surface area (Å²) in [6, 6.07) is 7.46. The van der Waals surface area contributed by atoms with Crippen molar-refractivity contribution in [3.63, 3.8) is 0 Å². The SMILES string of the molecule is COCCC(NC(=O)N1CCOCC1C)c1ccc(Cl)cc1. The zero-order chi connectivity index (χ0) is 15.9. The molecule has 1 aromatic rings. The van der Waals surface area contributed by atoms with Crippen molar-refractivity contribution in [2.75, 3.05) is 33.5 Å². The van der Waals surface area contributed by atoms with Crippen LogP contribution >= 0.6 is 11.6 Å². The Bertz CT molecular complexity index is 481. The highest BCUT2D eigenvalue weighted by Gasteiger charge is 2.25. The van der Waals surface area contributed by atoms with E-state index in [9.17, 15) is 4.79 Å². The fourth-order valence-electron chi connectivity index (χ4n) is 2.51. The molecule has 1 aliphatic heterocycles. The van der Waals surface area contributed by atoms with Crippen LogP contribution in [0, 0.1) is 0 Å². The van der Waals surface area contributed by atoms with Gasteiger partial charge in [0, 0.05) is 25.3 Å². The van der Waals surface area contributed by atoms with Gasteiger partial charge >= 0.3 is 6.03 Å². The second-order valence-corrected chi connectivity index (χ2v) is 5.89. The molecule has 0 bridgehead atoms. The van der Waals surface area contributed by atoms with Crippen molar-refractivity contribution in [3.8, 4) is 0 Å². The zero-order valence-electron chi connectivity index (χ0n) is 13.0. The molecule has 1 aliphatic rings. The molecule has 122 valence electrons. The van der Waals surface area contributed by atoms with Gasteiger partial charge in [-0.1, -0.05) is 23.7 Å². The molecule has 1 aromatic carbocycles. The number of amides is 2. The van der Waals surface area contributed by atoms with Crippen molar-refractivity contribution in [2.24, 2.45) is 0 Å². The Morgan fingerprint density at radius 2 is 2.23 bits per heavy atom. The third-order valence-electron chi connectivity index (χ3n) is 3.81. The highest BCUT2D eigenvalue weighted by Crippen LogP contribution is 2.20. The molecular weight excluding hydrogens is 304 g/mol. The van der Waals surface area contributed by atoms with Crippen LogP contribution in [0.25, 0.3) is 0 Å². The summed E-state index contributed by atoms with van der Waals surface area (Å²) in [6.07, 6.45) is 0.711. The van der Waals surface area contributed by atoms with Crippen molar-refractivity contribution in [1.29, 1.82) is 0 Å². The molecule has 0 aliphatic carbocycles. The molecule has 1 saturated heterocycles. The summed E-state index contributed by atoms with van der Waals surface area (Å²) in [5, 5.41) is 3.78. The van der Waals surface area contributed by atoms with Crippen LogP contribution in [0.15, 0.2) is 24.3 Å². The van der Waals surface area contributed by atoms with E-state index in [2.05, 4.69) is 5.32 Å². The van der Waals surface area contributed by atoms with Gasteiger partial charge in [-0.25, -0.2) is 4.79 Å². The molecule has 0 saturated carbocycles. The number of urea groups is 1. The van der Waals surface area contributed by atoms with Crippen molar-refractivity contribution in [1.82, 2.24) is 10.2 Å². The van der Waals surface area contributed by atoms with Gasteiger partial charge in [0.1, 0.15) is 0 Å². The number of benzene rings is 1. The van der Waals surface area contributed by atoms with Crippen molar-refractivity contribution in [3.05, 3.63) is 34.9 Å². The average molecular weight is 327 g/mol. The Morgan fingerprint density at radius 1 is 1.50 bits per heavy atom. The summed E-state index contributed by atoms with van der Waals surface area (Å²) in [5.74, 6) is 0. The highest BCUT2D eigenvalue weighted by atomic mass is 35.5. The van der Waals surface area contributed by atoms with E-state index in [0.717, 1.165) is 5.56 Å². The first-order chi connectivity index (χ1) is 10.6. The number of carbonyl (C=O) groups is 1. The second-order valence-electron chi connectivity index (χ2n) is 5.45. The topological polar surface area (TPSA) is 50.8 Å². The highest BCUT2D eigenvalue weighted by molar-refractivity contribution is 6.30. The number of hydrogen-bond donors (Lipinski definition) is 1. The number of rotatable bonds is 5. The Hall–Kier alpha value is -1.30. The molecule has 1 heterocycles. The van der Waals surface area contributed by atoms with Crippen molar-refractivity contribution in [2.45, 2.75) is 25.4 Å². The number of hydrogen-bond acceptors (Lipinski definition) is 3. The summed E-state index contributed by atoms with van der Waals surface area (Å²) in [6.45, 7) is 4.35. The number of halogens is 1. The van der Waals surface area contributed by atoms with Crippen LogP contribution in [0.2, 0.25) is 5.02 Å². The maximum Gasteiger partial charge on any atom is 0.318 e. The third-order valence-corrected chi connectivity index (χ3v) is 4.06. The summed E-state index contributed by atoms with van der Waals surface area (Å²) in [4.78, 5) is 14.3. The largest absolute Gasteiger partial charge is 0.385 e. The molecule has 1 fully saturated rings. The summed E-state index contributed by atoms with van der Waals surface area (Å²) in [5.41, 5.74) is 1.02. The minimum absolute atomic E-state index is 0.0631. The van der Waals surface area contributed by atoms with Crippen LogP contribution in [0.4, 0.5) is 4.79 Å². The van der Waals surface area contributed by atoms with Crippen LogP contribution in [-0.4, -0.2) is 50.4 Å². The fourth-order valence-corrected chi connectivity index (χ4v) is 2.64. The van der Waals surface area contributed by atoms with Crippen molar-refractivity contribution >= 4 is 17.6 Å². The van der Waals surface area contributed by atoms with Crippen LogP contribution < -0.4 is 5.32 Å². The number of carbonyl (C=O) groups excluding carboxylic acids is 1. The molecule has 2 amide bonds. The van der Waals surface area contributed by atoms with Gasteiger partial charge in [0.2, 0.25) is 0 Å². The molecule has 0 aromatic heterocycles. The van der Waals surface area contributed by atoms with E-state index >= 15 is 0 Å². The molecule has 1 N–H and O–H groups in total. The lowest BCUT2D eigenvalue weighted by atomic mass is 10.0. The van der Waals surface area contributed by atoms with E-state index in [-0.39, 0.29) is 18.1 Å². The second kappa shape index (κ2) is 8.36. The lowest BCUT2D eigenvalue weighted by Crippen LogP contribution is -2.51. The van der Waals surface area contributed by atoms with E-state index in [1.165, 1.54) is 0 Å². The minimum atomic E-state index is -0.0974. The Labute approximate surface area is 136 Å². The van der Waals surface area contributed by atoms with Gasteiger partial charge in [-0.2, -0.15) is 0 Å². The minimum Gasteiger partial charge on any atom is -0.385 e. The number of nitrogens with zero attached hydrogens (tertiary/aromatic N) is 1. The van der Waals surface area contributed by atoms with E-state index in [4.69, 9.17) is 21.1 Å². The molecule has 0 spiro atoms. The van der Waals surface area contributed by atoms with E-state index in [0.29, 0.717) is 37.8 Å².